The third kappa shape index (κ3) is 2.61. The second kappa shape index (κ2) is 5.05. The highest BCUT2D eigenvalue weighted by molar-refractivity contribution is 5.72. The van der Waals surface area contributed by atoms with Crippen molar-refractivity contribution in [3.05, 3.63) is 54.1 Å². The first-order valence-electron chi connectivity index (χ1n) is 6.05. The van der Waals surface area contributed by atoms with E-state index in [1.807, 2.05) is 24.3 Å². The number of para-hydroxylation sites is 2. The Kier molecular flexibility index (Phi) is 3.09. The summed E-state index contributed by atoms with van der Waals surface area (Å²) in [6.45, 7) is 0. The Bertz CT molecular complexity index is 713. The van der Waals surface area contributed by atoms with Gasteiger partial charge in [-0.2, -0.15) is 4.98 Å². The lowest BCUT2D eigenvalue weighted by atomic mass is 10.1. The second-order valence-electron chi connectivity index (χ2n) is 4.26. The van der Waals surface area contributed by atoms with E-state index in [9.17, 15) is 4.79 Å². The molecule has 3 rings (SSSR count). The van der Waals surface area contributed by atoms with Crippen LogP contribution >= 0.6 is 0 Å². The van der Waals surface area contributed by atoms with Crippen LogP contribution in [0, 0.1) is 0 Å². The summed E-state index contributed by atoms with van der Waals surface area (Å²) < 4.78 is 10.9. The highest BCUT2D eigenvalue weighted by Gasteiger charge is 2.07. The zero-order valence-corrected chi connectivity index (χ0v) is 10.4. The first-order valence-corrected chi connectivity index (χ1v) is 6.05. The number of benzene rings is 2. The van der Waals surface area contributed by atoms with Crippen molar-refractivity contribution in [2.75, 3.05) is 0 Å². The number of oxazole rings is 1. The fourth-order valence-corrected chi connectivity index (χ4v) is 1.85. The number of carboxylic acids is 1. The van der Waals surface area contributed by atoms with Crippen molar-refractivity contribution >= 4 is 17.1 Å². The van der Waals surface area contributed by atoms with Crippen LogP contribution in [0.1, 0.15) is 5.56 Å². The van der Waals surface area contributed by atoms with Crippen LogP contribution in [0.4, 0.5) is 0 Å². The summed E-state index contributed by atoms with van der Waals surface area (Å²) in [7, 11) is 0. The smallest absolute Gasteiger partial charge is 0.400 e. The lowest BCUT2D eigenvalue weighted by Gasteiger charge is -2.01. The molecule has 5 heteroatoms. The van der Waals surface area contributed by atoms with Crippen molar-refractivity contribution in [3.63, 3.8) is 0 Å². The molecule has 1 aromatic heterocycles. The average Bonchev–Trinajstić information content (AvgIpc) is 2.82. The SMILES string of the molecule is O=C(O)Cc1ccc(Oc2nc3ccccc3o2)cc1. The second-order valence-corrected chi connectivity index (χ2v) is 4.26. The molecule has 0 fully saturated rings. The predicted octanol–water partition coefficient (Wildman–Crippen LogP) is 3.25. The van der Waals surface area contributed by atoms with Gasteiger partial charge in [0, 0.05) is 0 Å². The Balaban J connectivity index is 1.78. The molecule has 0 saturated heterocycles. The van der Waals surface area contributed by atoms with Gasteiger partial charge in [-0.15, -0.1) is 0 Å². The topological polar surface area (TPSA) is 72.6 Å². The molecule has 100 valence electrons. The molecule has 0 bridgehead atoms. The van der Waals surface area contributed by atoms with Gasteiger partial charge in [0.05, 0.1) is 6.42 Å². The van der Waals surface area contributed by atoms with Gasteiger partial charge in [0.15, 0.2) is 5.58 Å². The molecular weight excluding hydrogens is 258 g/mol. The minimum atomic E-state index is -0.863. The summed E-state index contributed by atoms with van der Waals surface area (Å²) in [5.74, 6) is -0.316. The highest BCUT2D eigenvalue weighted by atomic mass is 16.6. The minimum Gasteiger partial charge on any atom is -0.481 e. The van der Waals surface area contributed by atoms with E-state index in [1.165, 1.54) is 0 Å². The third-order valence-electron chi connectivity index (χ3n) is 2.76. The van der Waals surface area contributed by atoms with Gasteiger partial charge in [-0.1, -0.05) is 24.3 Å². The molecule has 2 aromatic carbocycles. The minimum absolute atomic E-state index is 0.0107. The number of hydrogen-bond donors (Lipinski definition) is 1. The van der Waals surface area contributed by atoms with E-state index in [0.29, 0.717) is 16.9 Å². The number of nitrogens with zero attached hydrogens (tertiary/aromatic N) is 1. The predicted molar refractivity (Wildman–Crippen MR) is 71.9 cm³/mol. The normalized spacial score (nSPS) is 10.6. The van der Waals surface area contributed by atoms with Gasteiger partial charge in [0.2, 0.25) is 0 Å². The number of ether oxygens (including phenoxy) is 1. The van der Waals surface area contributed by atoms with E-state index < -0.39 is 5.97 Å². The number of carboxylic acid groups (broad SMARTS) is 1. The van der Waals surface area contributed by atoms with Gasteiger partial charge < -0.3 is 14.3 Å². The number of hydrogen-bond acceptors (Lipinski definition) is 4. The first kappa shape index (κ1) is 12.2. The summed E-state index contributed by atoms with van der Waals surface area (Å²) in [5.41, 5.74) is 2.09. The molecule has 0 aliphatic carbocycles. The molecular formula is C15H11NO4. The number of aliphatic carboxylic acids is 1. The van der Waals surface area contributed by atoms with Crippen molar-refractivity contribution in [2.45, 2.75) is 6.42 Å². The summed E-state index contributed by atoms with van der Waals surface area (Å²) in [5, 5.41) is 8.70. The average molecular weight is 269 g/mol. The summed E-state index contributed by atoms with van der Waals surface area (Å²) >= 11 is 0. The van der Waals surface area contributed by atoms with Crippen molar-refractivity contribution in [2.24, 2.45) is 0 Å². The van der Waals surface area contributed by atoms with Crippen LogP contribution < -0.4 is 4.74 Å². The Labute approximate surface area is 114 Å². The van der Waals surface area contributed by atoms with Gasteiger partial charge in [-0.05, 0) is 29.8 Å². The number of fused-ring (bicyclic) bond motifs is 1. The van der Waals surface area contributed by atoms with Crippen molar-refractivity contribution in [1.82, 2.24) is 4.98 Å². The number of rotatable bonds is 4. The molecule has 1 N–H and O–H groups in total. The molecule has 0 spiro atoms. The van der Waals surface area contributed by atoms with E-state index >= 15 is 0 Å². The zero-order chi connectivity index (χ0) is 13.9. The molecule has 5 nitrogen and oxygen atoms in total. The maximum absolute atomic E-state index is 10.6. The van der Waals surface area contributed by atoms with Crippen LogP contribution in [-0.4, -0.2) is 16.1 Å². The van der Waals surface area contributed by atoms with Crippen LogP contribution in [0.5, 0.6) is 11.8 Å². The van der Waals surface area contributed by atoms with Crippen molar-refractivity contribution < 1.29 is 19.1 Å². The lowest BCUT2D eigenvalue weighted by Crippen LogP contribution is -1.99. The molecule has 3 aromatic rings. The van der Waals surface area contributed by atoms with E-state index in [4.69, 9.17) is 14.3 Å². The maximum Gasteiger partial charge on any atom is 0.400 e. The van der Waals surface area contributed by atoms with Crippen LogP contribution in [0.2, 0.25) is 0 Å². The van der Waals surface area contributed by atoms with Gasteiger partial charge in [-0.3, -0.25) is 4.79 Å². The standard InChI is InChI=1S/C15H11NO4/c17-14(18)9-10-5-7-11(8-6-10)19-15-16-12-3-1-2-4-13(12)20-15/h1-8H,9H2,(H,17,18). The third-order valence-corrected chi connectivity index (χ3v) is 2.76. The quantitative estimate of drug-likeness (QED) is 0.787. The molecule has 0 unspecified atom stereocenters. The van der Waals surface area contributed by atoms with E-state index in [2.05, 4.69) is 4.98 Å². The monoisotopic (exact) mass is 269 g/mol. The van der Waals surface area contributed by atoms with Crippen LogP contribution in [-0.2, 0) is 11.2 Å². The van der Waals surface area contributed by atoms with Crippen LogP contribution in [0.15, 0.2) is 52.9 Å². The summed E-state index contributed by atoms with van der Waals surface area (Å²) in [4.78, 5) is 14.8. The van der Waals surface area contributed by atoms with E-state index in [1.54, 1.807) is 24.3 Å². The largest absolute Gasteiger partial charge is 0.481 e. The Morgan fingerprint density at radius 1 is 1.15 bits per heavy atom. The Hall–Kier alpha value is -2.82. The zero-order valence-electron chi connectivity index (χ0n) is 10.4. The Morgan fingerprint density at radius 2 is 1.90 bits per heavy atom. The van der Waals surface area contributed by atoms with Gasteiger partial charge >= 0.3 is 12.0 Å². The number of aromatic nitrogens is 1. The Morgan fingerprint density at radius 3 is 2.60 bits per heavy atom. The van der Waals surface area contributed by atoms with Gasteiger partial charge in [0.1, 0.15) is 11.3 Å². The molecule has 0 saturated carbocycles. The molecule has 1 heterocycles. The van der Waals surface area contributed by atoms with Crippen LogP contribution in [0.3, 0.4) is 0 Å². The fraction of sp³-hybridized carbons (Fsp3) is 0.0667. The van der Waals surface area contributed by atoms with E-state index in [-0.39, 0.29) is 12.5 Å². The van der Waals surface area contributed by atoms with Crippen LogP contribution in [0.25, 0.3) is 11.1 Å². The molecule has 0 atom stereocenters. The van der Waals surface area contributed by atoms with Gasteiger partial charge in [0.25, 0.3) is 0 Å². The maximum atomic E-state index is 10.6. The van der Waals surface area contributed by atoms with Crippen molar-refractivity contribution in [3.8, 4) is 11.8 Å². The molecule has 20 heavy (non-hydrogen) atoms. The number of carbonyl (C=O) groups is 1. The van der Waals surface area contributed by atoms with Gasteiger partial charge in [-0.25, -0.2) is 0 Å². The molecule has 0 amide bonds. The van der Waals surface area contributed by atoms with E-state index in [0.717, 1.165) is 5.52 Å². The first-order chi connectivity index (χ1) is 9.70. The summed E-state index contributed by atoms with van der Waals surface area (Å²) in [6.07, 6.45) is 0.153. The lowest BCUT2D eigenvalue weighted by molar-refractivity contribution is -0.136. The summed E-state index contributed by atoms with van der Waals surface area (Å²) in [6, 6.07) is 14.2. The highest BCUT2D eigenvalue weighted by Crippen LogP contribution is 2.25. The molecule has 0 radical (unpaired) electrons. The fourth-order valence-electron chi connectivity index (χ4n) is 1.85. The molecule has 0 aliphatic rings. The molecule has 0 aliphatic heterocycles. The van der Waals surface area contributed by atoms with Crippen molar-refractivity contribution in [1.29, 1.82) is 0 Å².